The van der Waals surface area contributed by atoms with Crippen LogP contribution in [0, 0.1) is 0 Å². The van der Waals surface area contributed by atoms with Gasteiger partial charge in [-0.25, -0.2) is 0 Å². The quantitative estimate of drug-likeness (QED) is 0.262. The van der Waals surface area contributed by atoms with Crippen LogP contribution in [0.1, 0.15) is 76.6 Å². The Hall–Kier alpha value is -2.83. The second kappa shape index (κ2) is 7.83. The molecule has 36 heavy (non-hydrogen) atoms. The van der Waals surface area contributed by atoms with Gasteiger partial charge in [-0.15, -0.1) is 0 Å². The van der Waals surface area contributed by atoms with Gasteiger partial charge >= 0.3 is 0 Å². The Morgan fingerprint density at radius 3 is 1.53 bits per heavy atom. The van der Waals surface area contributed by atoms with Crippen molar-refractivity contribution in [1.29, 1.82) is 0 Å². The lowest BCUT2D eigenvalue weighted by molar-refractivity contribution is 0.332. The average molecular weight is 491 g/mol. The number of halogens is 1. The molecule has 4 aromatic rings. The summed E-state index contributed by atoms with van der Waals surface area (Å²) in [5, 5.41) is 0.805. The van der Waals surface area contributed by atoms with E-state index < -0.39 is 0 Å². The molecule has 0 radical (unpaired) electrons. The van der Waals surface area contributed by atoms with Gasteiger partial charge in [-0.1, -0.05) is 114 Å². The Balaban J connectivity index is 1.35. The molecule has 0 unspecified atom stereocenters. The van der Waals surface area contributed by atoms with Crippen molar-refractivity contribution in [2.24, 2.45) is 0 Å². The maximum Gasteiger partial charge on any atom is 0.0409 e. The van der Waals surface area contributed by atoms with Crippen molar-refractivity contribution in [3.05, 3.63) is 106 Å². The summed E-state index contributed by atoms with van der Waals surface area (Å²) in [6.45, 7) is 14.2. The van der Waals surface area contributed by atoms with Gasteiger partial charge in [-0.05, 0) is 97.5 Å². The molecule has 0 spiro atoms. The highest BCUT2D eigenvalue weighted by Gasteiger charge is 2.37. The Morgan fingerprint density at radius 1 is 0.472 bits per heavy atom. The van der Waals surface area contributed by atoms with Crippen molar-refractivity contribution in [3.8, 4) is 33.4 Å². The van der Waals surface area contributed by atoms with E-state index in [1.54, 1.807) is 0 Å². The van der Waals surface area contributed by atoms with Gasteiger partial charge in [0.05, 0.1) is 0 Å². The van der Waals surface area contributed by atoms with Gasteiger partial charge in [0, 0.05) is 10.4 Å². The number of benzene rings is 4. The molecular formula is C35H35Cl. The molecule has 4 aromatic carbocycles. The molecule has 0 heterocycles. The smallest absolute Gasteiger partial charge is 0.0409 e. The van der Waals surface area contributed by atoms with Gasteiger partial charge in [0.25, 0.3) is 0 Å². The minimum absolute atomic E-state index is 0.0603. The average Bonchev–Trinajstić information content (AvgIpc) is 3.08. The molecule has 0 aromatic heterocycles. The monoisotopic (exact) mass is 490 g/mol. The lowest BCUT2D eigenvalue weighted by Gasteiger charge is -2.42. The molecule has 0 atom stereocenters. The van der Waals surface area contributed by atoms with Crippen LogP contribution in [0.15, 0.2) is 78.9 Å². The number of fused-ring (bicyclic) bond motifs is 4. The van der Waals surface area contributed by atoms with Crippen molar-refractivity contribution in [1.82, 2.24) is 0 Å². The zero-order valence-electron chi connectivity index (χ0n) is 22.3. The zero-order chi connectivity index (χ0) is 25.5. The summed E-state index contributed by atoms with van der Waals surface area (Å²) in [6, 6.07) is 29.5. The van der Waals surface area contributed by atoms with Crippen LogP contribution in [-0.4, -0.2) is 0 Å². The third-order valence-corrected chi connectivity index (χ3v) is 9.28. The van der Waals surface area contributed by atoms with Crippen LogP contribution in [0.4, 0.5) is 0 Å². The van der Waals surface area contributed by atoms with Gasteiger partial charge in [0.15, 0.2) is 0 Å². The molecule has 0 aliphatic heterocycles. The fourth-order valence-corrected chi connectivity index (χ4v) is 6.68. The van der Waals surface area contributed by atoms with Crippen LogP contribution < -0.4 is 0 Å². The molecule has 1 heteroatoms. The second-order valence-electron chi connectivity index (χ2n) is 12.7. The third kappa shape index (κ3) is 3.57. The largest absolute Gasteiger partial charge is 0.0843 e. The zero-order valence-corrected chi connectivity index (χ0v) is 23.1. The standard InChI is InChI=1S/C35H35Cl/c1-33(2)17-18-34(3,4)32-20-25(12-16-29(32)33)23-9-7-22(8-10-23)24-11-14-27-28-15-13-26(36)21-31(28)35(5,6)30(27)19-24/h7-16,19-21H,17-18H2,1-6H3. The Bertz CT molecular complexity index is 1500. The maximum absolute atomic E-state index is 6.35. The van der Waals surface area contributed by atoms with E-state index in [-0.39, 0.29) is 16.2 Å². The third-order valence-electron chi connectivity index (χ3n) is 9.04. The summed E-state index contributed by atoms with van der Waals surface area (Å²) in [4.78, 5) is 0. The minimum Gasteiger partial charge on any atom is -0.0843 e. The Morgan fingerprint density at radius 2 is 0.917 bits per heavy atom. The molecule has 0 amide bonds. The van der Waals surface area contributed by atoms with E-state index in [0.29, 0.717) is 0 Å². The van der Waals surface area contributed by atoms with E-state index in [0.717, 1.165) is 5.02 Å². The number of hydrogen-bond donors (Lipinski definition) is 0. The number of rotatable bonds is 2. The predicted molar refractivity (Wildman–Crippen MR) is 155 cm³/mol. The van der Waals surface area contributed by atoms with Gasteiger partial charge in [-0.2, -0.15) is 0 Å². The first-order valence-corrected chi connectivity index (χ1v) is 13.6. The van der Waals surface area contributed by atoms with Gasteiger partial charge in [-0.3, -0.25) is 0 Å². The van der Waals surface area contributed by atoms with Crippen molar-refractivity contribution in [2.75, 3.05) is 0 Å². The molecule has 0 saturated carbocycles. The minimum atomic E-state index is -0.0603. The molecule has 6 rings (SSSR count). The number of hydrogen-bond acceptors (Lipinski definition) is 0. The topological polar surface area (TPSA) is 0 Å². The lowest BCUT2D eigenvalue weighted by Crippen LogP contribution is -2.33. The van der Waals surface area contributed by atoms with Crippen molar-refractivity contribution >= 4 is 11.6 Å². The highest BCUT2D eigenvalue weighted by molar-refractivity contribution is 6.30. The van der Waals surface area contributed by atoms with Crippen LogP contribution in [0.3, 0.4) is 0 Å². The molecular weight excluding hydrogens is 456 g/mol. The van der Waals surface area contributed by atoms with Crippen LogP contribution in [0.5, 0.6) is 0 Å². The molecule has 0 N–H and O–H groups in total. The predicted octanol–water partition coefficient (Wildman–Crippen LogP) is 10.3. The van der Waals surface area contributed by atoms with E-state index in [2.05, 4.69) is 114 Å². The van der Waals surface area contributed by atoms with Gasteiger partial charge in [0.2, 0.25) is 0 Å². The van der Waals surface area contributed by atoms with E-state index in [1.165, 1.54) is 68.5 Å². The second-order valence-corrected chi connectivity index (χ2v) is 13.1. The molecule has 0 bridgehead atoms. The SMILES string of the molecule is CC1(C)CCC(C)(C)c2cc(-c3ccc(-c4ccc5c(c4)C(C)(C)c4cc(Cl)ccc4-5)cc3)ccc21. The molecule has 0 fully saturated rings. The molecule has 182 valence electrons. The fourth-order valence-electron chi connectivity index (χ4n) is 6.51. The van der Waals surface area contributed by atoms with E-state index >= 15 is 0 Å². The van der Waals surface area contributed by atoms with Crippen LogP contribution in [-0.2, 0) is 16.2 Å². The summed E-state index contributed by atoms with van der Waals surface area (Å²) in [5.74, 6) is 0. The van der Waals surface area contributed by atoms with Gasteiger partial charge in [0.1, 0.15) is 0 Å². The molecule has 2 aliphatic carbocycles. The summed E-state index contributed by atoms with van der Waals surface area (Å²) in [6.07, 6.45) is 2.48. The van der Waals surface area contributed by atoms with E-state index in [9.17, 15) is 0 Å². The van der Waals surface area contributed by atoms with Crippen LogP contribution in [0.2, 0.25) is 5.02 Å². The molecule has 0 nitrogen and oxygen atoms in total. The summed E-state index contributed by atoms with van der Waals surface area (Å²) in [5.41, 5.74) is 13.9. The summed E-state index contributed by atoms with van der Waals surface area (Å²) >= 11 is 6.35. The molecule has 2 aliphatic rings. The lowest BCUT2D eigenvalue weighted by atomic mass is 9.63. The van der Waals surface area contributed by atoms with Crippen molar-refractivity contribution in [3.63, 3.8) is 0 Å². The molecule has 0 saturated heterocycles. The van der Waals surface area contributed by atoms with Crippen LogP contribution >= 0.6 is 11.6 Å². The van der Waals surface area contributed by atoms with Crippen molar-refractivity contribution in [2.45, 2.75) is 70.6 Å². The Labute approximate surface area is 221 Å². The Kier molecular flexibility index (Phi) is 5.13. The highest BCUT2D eigenvalue weighted by atomic mass is 35.5. The first kappa shape index (κ1) is 23.6. The van der Waals surface area contributed by atoms with E-state index in [1.807, 2.05) is 6.07 Å². The van der Waals surface area contributed by atoms with Crippen LogP contribution in [0.25, 0.3) is 33.4 Å². The summed E-state index contributed by atoms with van der Waals surface area (Å²) in [7, 11) is 0. The normalized spacial score (nSPS) is 18.3. The maximum atomic E-state index is 6.35. The van der Waals surface area contributed by atoms with Gasteiger partial charge < -0.3 is 0 Å². The van der Waals surface area contributed by atoms with Crippen molar-refractivity contribution < 1.29 is 0 Å². The first-order valence-electron chi connectivity index (χ1n) is 13.2. The highest BCUT2D eigenvalue weighted by Crippen LogP contribution is 2.50. The van der Waals surface area contributed by atoms with E-state index in [4.69, 9.17) is 11.6 Å². The first-order chi connectivity index (χ1) is 17.0. The fraction of sp³-hybridized carbons (Fsp3) is 0.314. The summed E-state index contributed by atoms with van der Waals surface area (Å²) < 4.78 is 0.